The zero-order valence-electron chi connectivity index (χ0n) is 16.0. The minimum Gasteiger partial charge on any atom is -0.346 e. The first-order chi connectivity index (χ1) is 13.0. The molecule has 0 bridgehead atoms. The standard InChI is InChI=1S/C21H26N4O2/c1-14-5-3-8-19(15(14)2)20(26)22-12-17-11-18-13-24(9-10-25(18)23-17)21(27)16-6-4-7-16/h3,5,8,11,16H,4,6-7,9-10,12-13H2,1-2H3,(H,22,26). The van der Waals surface area contributed by atoms with E-state index in [1.54, 1.807) is 0 Å². The van der Waals surface area contributed by atoms with Crippen LogP contribution in [0.3, 0.4) is 0 Å². The molecule has 1 N–H and O–H groups in total. The number of carbonyl (C=O) groups excluding carboxylic acids is 2. The molecule has 2 aromatic rings. The number of nitrogens with one attached hydrogen (secondary N) is 1. The van der Waals surface area contributed by atoms with E-state index in [2.05, 4.69) is 10.4 Å². The molecule has 0 atom stereocenters. The zero-order chi connectivity index (χ0) is 19.0. The van der Waals surface area contributed by atoms with Crippen LogP contribution in [-0.4, -0.2) is 33.0 Å². The molecule has 4 rings (SSSR count). The summed E-state index contributed by atoms with van der Waals surface area (Å²) in [6, 6.07) is 7.76. The molecule has 6 nitrogen and oxygen atoms in total. The van der Waals surface area contributed by atoms with E-state index in [9.17, 15) is 9.59 Å². The Labute approximate surface area is 159 Å². The van der Waals surface area contributed by atoms with Gasteiger partial charge in [0.1, 0.15) is 0 Å². The Morgan fingerprint density at radius 1 is 1.22 bits per heavy atom. The van der Waals surface area contributed by atoms with E-state index in [0.29, 0.717) is 24.6 Å². The van der Waals surface area contributed by atoms with Crippen LogP contribution in [0.4, 0.5) is 0 Å². The number of aryl methyl sites for hydroxylation is 1. The van der Waals surface area contributed by atoms with Crippen molar-refractivity contribution in [3.8, 4) is 0 Å². The van der Waals surface area contributed by atoms with E-state index in [4.69, 9.17) is 0 Å². The lowest BCUT2D eigenvalue weighted by molar-refractivity contribution is -0.139. The van der Waals surface area contributed by atoms with Crippen LogP contribution in [0.15, 0.2) is 24.3 Å². The maximum atomic E-state index is 12.5. The number of carbonyl (C=O) groups is 2. The SMILES string of the molecule is Cc1cccc(C(=O)NCc2cc3n(n2)CCN(C(=O)C2CCC2)C3)c1C. The molecule has 0 unspecified atom stereocenters. The van der Waals surface area contributed by atoms with Gasteiger partial charge in [-0.2, -0.15) is 5.10 Å². The molecule has 1 aromatic carbocycles. The molecule has 0 spiro atoms. The van der Waals surface area contributed by atoms with Gasteiger partial charge in [-0.1, -0.05) is 18.6 Å². The summed E-state index contributed by atoms with van der Waals surface area (Å²) in [6.07, 6.45) is 3.24. The lowest BCUT2D eigenvalue weighted by atomic mass is 9.84. The van der Waals surface area contributed by atoms with E-state index in [1.807, 2.05) is 47.7 Å². The van der Waals surface area contributed by atoms with Crippen molar-refractivity contribution in [2.24, 2.45) is 5.92 Å². The smallest absolute Gasteiger partial charge is 0.251 e. The minimum absolute atomic E-state index is 0.0797. The first-order valence-electron chi connectivity index (χ1n) is 9.71. The largest absolute Gasteiger partial charge is 0.346 e. The summed E-state index contributed by atoms with van der Waals surface area (Å²) in [5, 5.41) is 7.56. The third-order valence-corrected chi connectivity index (χ3v) is 5.89. The first-order valence-corrected chi connectivity index (χ1v) is 9.71. The average molecular weight is 366 g/mol. The van der Waals surface area contributed by atoms with Gasteiger partial charge in [0, 0.05) is 18.0 Å². The topological polar surface area (TPSA) is 67.2 Å². The molecule has 0 radical (unpaired) electrons. The second-order valence-electron chi connectivity index (χ2n) is 7.67. The van der Waals surface area contributed by atoms with Crippen LogP contribution in [0, 0.1) is 19.8 Å². The summed E-state index contributed by atoms with van der Waals surface area (Å²) in [4.78, 5) is 26.9. The van der Waals surface area contributed by atoms with Crippen LogP contribution in [0.25, 0.3) is 0 Å². The third kappa shape index (κ3) is 3.48. The number of rotatable bonds is 4. The second kappa shape index (κ2) is 7.18. The van der Waals surface area contributed by atoms with Crippen molar-refractivity contribution in [2.75, 3.05) is 6.54 Å². The fourth-order valence-corrected chi connectivity index (χ4v) is 3.78. The number of benzene rings is 1. The van der Waals surface area contributed by atoms with Gasteiger partial charge in [-0.15, -0.1) is 0 Å². The number of hydrogen-bond acceptors (Lipinski definition) is 3. The molecule has 1 aliphatic heterocycles. The minimum atomic E-state index is -0.0797. The molecule has 1 fully saturated rings. The number of aromatic nitrogens is 2. The van der Waals surface area contributed by atoms with Crippen molar-refractivity contribution in [2.45, 2.75) is 52.7 Å². The Morgan fingerprint density at radius 2 is 2.04 bits per heavy atom. The molecule has 2 aliphatic rings. The Morgan fingerprint density at radius 3 is 2.78 bits per heavy atom. The summed E-state index contributed by atoms with van der Waals surface area (Å²) >= 11 is 0. The Kier molecular flexibility index (Phi) is 4.72. The quantitative estimate of drug-likeness (QED) is 0.904. The maximum Gasteiger partial charge on any atom is 0.251 e. The highest BCUT2D eigenvalue weighted by Crippen LogP contribution is 2.29. The average Bonchev–Trinajstić information content (AvgIpc) is 3.02. The molecule has 0 saturated heterocycles. The zero-order valence-corrected chi connectivity index (χ0v) is 16.0. The van der Waals surface area contributed by atoms with Gasteiger partial charge in [0.25, 0.3) is 5.91 Å². The van der Waals surface area contributed by atoms with Gasteiger partial charge in [0.05, 0.1) is 31.0 Å². The fourth-order valence-electron chi connectivity index (χ4n) is 3.78. The number of fused-ring (bicyclic) bond motifs is 1. The van der Waals surface area contributed by atoms with E-state index < -0.39 is 0 Å². The predicted molar refractivity (Wildman–Crippen MR) is 102 cm³/mol. The highest BCUT2D eigenvalue weighted by Gasteiger charge is 2.31. The van der Waals surface area contributed by atoms with Crippen LogP contribution in [0.2, 0.25) is 0 Å². The second-order valence-corrected chi connectivity index (χ2v) is 7.67. The summed E-state index contributed by atoms with van der Waals surface area (Å²) in [5.41, 5.74) is 4.70. The van der Waals surface area contributed by atoms with Gasteiger partial charge in [-0.25, -0.2) is 0 Å². The van der Waals surface area contributed by atoms with E-state index in [-0.39, 0.29) is 11.8 Å². The van der Waals surface area contributed by atoms with Crippen molar-refractivity contribution >= 4 is 11.8 Å². The van der Waals surface area contributed by atoms with Crippen LogP contribution in [0.1, 0.15) is 52.1 Å². The lowest BCUT2D eigenvalue weighted by Crippen LogP contribution is -2.43. The third-order valence-electron chi connectivity index (χ3n) is 5.89. The van der Waals surface area contributed by atoms with Crippen molar-refractivity contribution in [3.05, 3.63) is 52.3 Å². The maximum absolute atomic E-state index is 12.5. The van der Waals surface area contributed by atoms with Crippen molar-refractivity contribution in [1.82, 2.24) is 20.0 Å². The van der Waals surface area contributed by atoms with Crippen molar-refractivity contribution in [1.29, 1.82) is 0 Å². The molecule has 2 amide bonds. The molecule has 142 valence electrons. The lowest BCUT2D eigenvalue weighted by Gasteiger charge is -2.34. The summed E-state index contributed by atoms with van der Waals surface area (Å²) < 4.78 is 1.96. The molecule has 1 saturated carbocycles. The molecule has 27 heavy (non-hydrogen) atoms. The molecular formula is C21H26N4O2. The molecule has 6 heteroatoms. The molecule has 1 aliphatic carbocycles. The van der Waals surface area contributed by atoms with Gasteiger partial charge in [-0.3, -0.25) is 14.3 Å². The van der Waals surface area contributed by atoms with Gasteiger partial charge < -0.3 is 10.2 Å². The highest BCUT2D eigenvalue weighted by atomic mass is 16.2. The Balaban J connectivity index is 1.39. The van der Waals surface area contributed by atoms with Gasteiger partial charge >= 0.3 is 0 Å². The summed E-state index contributed by atoms with van der Waals surface area (Å²) in [5.74, 6) is 0.443. The number of nitrogens with zero attached hydrogens (tertiary/aromatic N) is 3. The Bertz CT molecular complexity index is 882. The van der Waals surface area contributed by atoms with E-state index in [1.165, 1.54) is 6.42 Å². The van der Waals surface area contributed by atoms with Gasteiger partial charge in [-0.05, 0) is 49.9 Å². The molecule has 1 aromatic heterocycles. The van der Waals surface area contributed by atoms with Crippen molar-refractivity contribution < 1.29 is 9.59 Å². The van der Waals surface area contributed by atoms with E-state index >= 15 is 0 Å². The summed E-state index contributed by atoms with van der Waals surface area (Å²) in [6.45, 7) is 6.42. The molecular weight excluding hydrogens is 340 g/mol. The monoisotopic (exact) mass is 366 g/mol. The first kappa shape index (κ1) is 17.8. The van der Waals surface area contributed by atoms with Crippen LogP contribution < -0.4 is 5.32 Å². The van der Waals surface area contributed by atoms with Crippen LogP contribution in [-0.2, 0) is 24.4 Å². The van der Waals surface area contributed by atoms with Gasteiger partial charge in [0.2, 0.25) is 5.91 Å². The normalized spacial score (nSPS) is 16.6. The number of hydrogen-bond donors (Lipinski definition) is 1. The fraction of sp³-hybridized carbons (Fsp3) is 0.476. The molecule has 2 heterocycles. The predicted octanol–water partition coefficient (Wildman–Crippen LogP) is 2.57. The van der Waals surface area contributed by atoms with E-state index in [0.717, 1.165) is 48.4 Å². The summed E-state index contributed by atoms with van der Waals surface area (Å²) in [7, 11) is 0. The van der Waals surface area contributed by atoms with Crippen LogP contribution in [0.5, 0.6) is 0 Å². The Hall–Kier alpha value is -2.63. The van der Waals surface area contributed by atoms with Crippen molar-refractivity contribution in [3.63, 3.8) is 0 Å². The number of amides is 2. The van der Waals surface area contributed by atoms with Crippen LogP contribution >= 0.6 is 0 Å². The van der Waals surface area contributed by atoms with Gasteiger partial charge in [0.15, 0.2) is 0 Å². The highest BCUT2D eigenvalue weighted by molar-refractivity contribution is 5.95.